The number of hydrogen-bond acceptors (Lipinski definition) is 3. The third kappa shape index (κ3) is 4.30. The van der Waals surface area contributed by atoms with Gasteiger partial charge in [0.15, 0.2) is 5.69 Å². The Balaban J connectivity index is 1.45. The molecule has 0 saturated carbocycles. The molecule has 1 aliphatic rings. The second-order valence-electron chi connectivity index (χ2n) is 8.29. The lowest BCUT2D eigenvalue weighted by atomic mass is 9.94. The molecule has 3 heterocycles. The average molecular weight is 410 g/mol. The van der Waals surface area contributed by atoms with Crippen molar-refractivity contribution >= 4 is 5.91 Å². The zero-order valence-electron chi connectivity index (χ0n) is 17.8. The van der Waals surface area contributed by atoms with Crippen molar-refractivity contribution in [3.05, 3.63) is 70.8 Å². The number of rotatable bonds is 5. The summed E-state index contributed by atoms with van der Waals surface area (Å²) in [4.78, 5) is 19.5. The third-order valence-corrected chi connectivity index (χ3v) is 6.00. The molecule has 0 N–H and O–H groups in total. The minimum absolute atomic E-state index is 0.00855. The largest absolute Gasteiger partial charge is 0.337 e. The lowest BCUT2D eigenvalue weighted by molar-refractivity contribution is 0.0665. The molecule has 1 aromatic carbocycles. The van der Waals surface area contributed by atoms with Crippen molar-refractivity contribution in [2.75, 3.05) is 13.1 Å². The minimum Gasteiger partial charge on any atom is -0.337 e. The molecule has 0 bridgehead atoms. The highest BCUT2D eigenvalue weighted by molar-refractivity contribution is 5.92. The zero-order valence-corrected chi connectivity index (χ0v) is 17.8. The van der Waals surface area contributed by atoms with Crippen molar-refractivity contribution in [3.63, 3.8) is 0 Å². The molecule has 1 aliphatic heterocycles. The Kier molecular flexibility index (Phi) is 5.70. The topological polar surface area (TPSA) is 56.0 Å². The normalized spacial score (nSPS) is 16.8. The first kappa shape index (κ1) is 20.3. The predicted molar refractivity (Wildman–Crippen MR) is 113 cm³/mol. The molecular weight excluding hydrogens is 381 g/mol. The van der Waals surface area contributed by atoms with Crippen LogP contribution in [0.25, 0.3) is 0 Å². The van der Waals surface area contributed by atoms with Crippen molar-refractivity contribution in [2.24, 2.45) is 13.0 Å². The molecule has 6 nitrogen and oxygen atoms in total. The number of benzene rings is 1. The number of amides is 1. The van der Waals surface area contributed by atoms with E-state index in [1.165, 1.54) is 12.1 Å². The molecule has 0 spiro atoms. The van der Waals surface area contributed by atoms with Gasteiger partial charge < -0.3 is 9.47 Å². The van der Waals surface area contributed by atoms with Crippen molar-refractivity contribution < 1.29 is 9.18 Å². The number of likely N-dealkylation sites (tertiary alicyclic amines) is 1. The molecule has 0 aliphatic carbocycles. The van der Waals surface area contributed by atoms with Gasteiger partial charge in [-0.05, 0) is 56.4 Å². The Morgan fingerprint density at radius 3 is 2.67 bits per heavy atom. The van der Waals surface area contributed by atoms with Crippen molar-refractivity contribution in [1.29, 1.82) is 0 Å². The number of aryl methyl sites for hydroxylation is 3. The number of imidazole rings is 1. The number of piperidine rings is 1. The summed E-state index contributed by atoms with van der Waals surface area (Å²) in [5.41, 5.74) is 3.63. The van der Waals surface area contributed by atoms with Crippen LogP contribution >= 0.6 is 0 Å². The Hall–Kier alpha value is -2.96. The summed E-state index contributed by atoms with van der Waals surface area (Å²) in [6.07, 6.45) is 4.77. The number of carbonyl (C=O) groups excluding carboxylic acids is 1. The molecule has 7 heteroatoms. The van der Waals surface area contributed by atoms with Gasteiger partial charge >= 0.3 is 0 Å². The first-order valence-electron chi connectivity index (χ1n) is 10.5. The van der Waals surface area contributed by atoms with Gasteiger partial charge in [0.05, 0.1) is 0 Å². The highest BCUT2D eigenvalue weighted by atomic mass is 19.1. The first-order valence-corrected chi connectivity index (χ1v) is 10.5. The standard InChI is InChI=1S/C23H28FN5O/c1-16-11-21(26-27(16)3)23(30)28-10-4-5-19(14-28)12-22-25-13-17(2)29(22)15-18-6-8-20(24)9-7-18/h6-9,11,13,19H,4-5,10,12,14-15H2,1-3H3. The lowest BCUT2D eigenvalue weighted by Crippen LogP contribution is -2.41. The molecule has 1 atom stereocenters. The van der Waals surface area contributed by atoms with Gasteiger partial charge in [-0.3, -0.25) is 9.48 Å². The highest BCUT2D eigenvalue weighted by Crippen LogP contribution is 2.23. The first-order chi connectivity index (χ1) is 14.4. The van der Waals surface area contributed by atoms with E-state index in [1.54, 1.807) is 4.68 Å². The van der Waals surface area contributed by atoms with Gasteiger partial charge in [-0.2, -0.15) is 5.10 Å². The predicted octanol–water partition coefficient (Wildman–Crippen LogP) is 3.52. The van der Waals surface area contributed by atoms with Crippen LogP contribution in [0.4, 0.5) is 4.39 Å². The van der Waals surface area contributed by atoms with Crippen LogP contribution in [0, 0.1) is 25.6 Å². The summed E-state index contributed by atoms with van der Waals surface area (Å²) >= 11 is 0. The summed E-state index contributed by atoms with van der Waals surface area (Å²) in [6, 6.07) is 8.46. The van der Waals surface area contributed by atoms with Crippen LogP contribution in [-0.4, -0.2) is 43.2 Å². The van der Waals surface area contributed by atoms with Crippen LogP contribution in [0.15, 0.2) is 36.5 Å². The monoisotopic (exact) mass is 409 g/mol. The maximum absolute atomic E-state index is 13.2. The molecule has 3 aromatic rings. The second-order valence-corrected chi connectivity index (χ2v) is 8.29. The lowest BCUT2D eigenvalue weighted by Gasteiger charge is -2.32. The quantitative estimate of drug-likeness (QED) is 0.648. The van der Waals surface area contributed by atoms with Crippen LogP contribution in [-0.2, 0) is 20.0 Å². The fourth-order valence-corrected chi connectivity index (χ4v) is 4.16. The van der Waals surface area contributed by atoms with E-state index in [1.807, 2.05) is 50.2 Å². The van der Waals surface area contributed by atoms with E-state index in [0.717, 1.165) is 55.1 Å². The Morgan fingerprint density at radius 1 is 1.20 bits per heavy atom. The Labute approximate surface area is 176 Å². The number of aromatic nitrogens is 4. The van der Waals surface area contributed by atoms with Gasteiger partial charge in [-0.15, -0.1) is 0 Å². The van der Waals surface area contributed by atoms with Crippen molar-refractivity contribution in [1.82, 2.24) is 24.2 Å². The summed E-state index contributed by atoms with van der Waals surface area (Å²) in [6.45, 7) is 6.15. The van der Waals surface area contributed by atoms with Gasteiger partial charge in [0.25, 0.3) is 5.91 Å². The average Bonchev–Trinajstić information content (AvgIpc) is 3.25. The summed E-state index contributed by atoms with van der Waals surface area (Å²) < 4.78 is 17.2. The second kappa shape index (κ2) is 8.42. The number of nitrogens with zero attached hydrogens (tertiary/aromatic N) is 5. The highest BCUT2D eigenvalue weighted by Gasteiger charge is 2.27. The molecule has 2 aromatic heterocycles. The van der Waals surface area contributed by atoms with Crippen LogP contribution in [0.5, 0.6) is 0 Å². The zero-order chi connectivity index (χ0) is 21.3. The van der Waals surface area contributed by atoms with Crippen LogP contribution < -0.4 is 0 Å². The molecule has 4 rings (SSSR count). The summed E-state index contributed by atoms with van der Waals surface area (Å²) in [5, 5.41) is 4.35. The molecular formula is C23H28FN5O. The Morgan fingerprint density at radius 2 is 1.97 bits per heavy atom. The van der Waals surface area contributed by atoms with E-state index >= 15 is 0 Å². The summed E-state index contributed by atoms with van der Waals surface area (Å²) in [5.74, 6) is 1.16. The van der Waals surface area contributed by atoms with Crippen LogP contribution in [0.3, 0.4) is 0 Å². The molecule has 30 heavy (non-hydrogen) atoms. The van der Waals surface area contributed by atoms with E-state index in [9.17, 15) is 9.18 Å². The fourth-order valence-electron chi connectivity index (χ4n) is 4.16. The molecule has 158 valence electrons. The van der Waals surface area contributed by atoms with E-state index < -0.39 is 0 Å². The van der Waals surface area contributed by atoms with Crippen molar-refractivity contribution in [2.45, 2.75) is 39.7 Å². The molecule has 1 amide bonds. The molecule has 0 radical (unpaired) electrons. The molecule has 1 saturated heterocycles. The smallest absolute Gasteiger partial charge is 0.274 e. The maximum atomic E-state index is 13.2. The number of halogens is 1. The molecule has 1 fully saturated rings. The van der Waals surface area contributed by atoms with E-state index in [0.29, 0.717) is 18.2 Å². The minimum atomic E-state index is -0.226. The SMILES string of the molecule is Cc1cc(C(=O)N2CCCC(Cc3ncc(C)n3Cc3ccc(F)cc3)C2)nn1C. The van der Waals surface area contributed by atoms with Gasteiger partial charge in [0.1, 0.15) is 11.6 Å². The molecule has 1 unspecified atom stereocenters. The van der Waals surface area contributed by atoms with Crippen molar-refractivity contribution in [3.8, 4) is 0 Å². The van der Waals surface area contributed by atoms with Gasteiger partial charge in [-0.1, -0.05) is 12.1 Å². The Bertz CT molecular complexity index is 1020. The number of carbonyl (C=O) groups is 1. The fraction of sp³-hybridized carbons (Fsp3) is 0.435. The van der Waals surface area contributed by atoms with Gasteiger partial charge in [0, 0.05) is 50.7 Å². The van der Waals surface area contributed by atoms with E-state index in [-0.39, 0.29) is 11.7 Å². The van der Waals surface area contributed by atoms with Crippen LogP contribution in [0.1, 0.15) is 46.1 Å². The van der Waals surface area contributed by atoms with E-state index in [4.69, 9.17) is 0 Å². The number of hydrogen-bond donors (Lipinski definition) is 0. The van der Waals surface area contributed by atoms with E-state index in [2.05, 4.69) is 14.6 Å². The maximum Gasteiger partial charge on any atom is 0.274 e. The third-order valence-electron chi connectivity index (χ3n) is 6.00. The summed E-state index contributed by atoms with van der Waals surface area (Å²) in [7, 11) is 1.86. The van der Waals surface area contributed by atoms with Crippen LogP contribution in [0.2, 0.25) is 0 Å². The van der Waals surface area contributed by atoms with Gasteiger partial charge in [0.2, 0.25) is 0 Å². The van der Waals surface area contributed by atoms with Gasteiger partial charge in [-0.25, -0.2) is 9.37 Å².